The summed E-state index contributed by atoms with van der Waals surface area (Å²) in [6.07, 6.45) is 5.84. The molecule has 0 spiro atoms. The van der Waals surface area contributed by atoms with E-state index in [1.54, 1.807) is 24.3 Å². The molecule has 1 aliphatic carbocycles. The van der Waals surface area contributed by atoms with Crippen molar-refractivity contribution in [1.29, 1.82) is 0 Å². The molecule has 1 saturated carbocycles. The van der Waals surface area contributed by atoms with Gasteiger partial charge in [-0.05, 0) is 56.8 Å². The van der Waals surface area contributed by atoms with E-state index >= 15 is 0 Å². The Hall–Kier alpha value is -1.44. The van der Waals surface area contributed by atoms with E-state index in [2.05, 4.69) is 15.4 Å². The Morgan fingerprint density at radius 3 is 2.52 bits per heavy atom. The van der Waals surface area contributed by atoms with Crippen molar-refractivity contribution in [3.05, 3.63) is 29.8 Å². The molecule has 1 amide bonds. The third-order valence-electron chi connectivity index (χ3n) is 5.50. The highest BCUT2D eigenvalue weighted by Gasteiger charge is 2.38. The summed E-state index contributed by atoms with van der Waals surface area (Å²) in [5.41, 5.74) is 0.888. The zero-order valence-corrected chi connectivity index (χ0v) is 15.6. The maximum Gasteiger partial charge on any atom is 0.240 e. The van der Waals surface area contributed by atoms with Crippen LogP contribution >= 0.6 is 0 Å². The van der Waals surface area contributed by atoms with Crippen LogP contribution in [-0.2, 0) is 14.8 Å². The fourth-order valence-corrected chi connectivity index (χ4v) is 4.70. The number of amides is 1. The molecule has 6 nitrogen and oxygen atoms in total. The fraction of sp³-hybridized carbons (Fsp3) is 0.611. The molecule has 4 unspecified atom stereocenters. The zero-order valence-electron chi connectivity index (χ0n) is 14.8. The number of sulfonamides is 1. The average Bonchev–Trinajstić information content (AvgIpc) is 3.06. The highest BCUT2D eigenvalue weighted by Crippen LogP contribution is 2.33. The van der Waals surface area contributed by atoms with Gasteiger partial charge < -0.3 is 10.6 Å². The second-order valence-electron chi connectivity index (χ2n) is 7.11. The molecule has 2 aliphatic rings. The minimum absolute atomic E-state index is 0.0359. The van der Waals surface area contributed by atoms with Crippen molar-refractivity contribution in [3.63, 3.8) is 0 Å². The molecule has 0 radical (unpaired) electrons. The standard InChI is InChI=1S/C18H27N3O3S/c1-12(13-7-9-15(10-8-13)25(23,24)19-2)20-18(22)17-11-14-5-3-4-6-16(14)21-17/h7-10,12,14,16-17,19,21H,3-6,11H2,1-2H3,(H,20,22). The van der Waals surface area contributed by atoms with Gasteiger partial charge in [0.25, 0.3) is 0 Å². The first-order valence-electron chi connectivity index (χ1n) is 9.00. The second-order valence-corrected chi connectivity index (χ2v) is 9.00. The van der Waals surface area contributed by atoms with Crippen molar-refractivity contribution >= 4 is 15.9 Å². The third-order valence-corrected chi connectivity index (χ3v) is 6.93. The molecule has 1 aliphatic heterocycles. The van der Waals surface area contributed by atoms with Gasteiger partial charge in [0.05, 0.1) is 17.0 Å². The van der Waals surface area contributed by atoms with E-state index in [1.807, 2.05) is 6.92 Å². The van der Waals surface area contributed by atoms with Gasteiger partial charge in [-0.3, -0.25) is 4.79 Å². The van der Waals surface area contributed by atoms with Crippen molar-refractivity contribution in [2.24, 2.45) is 5.92 Å². The molecule has 2 fully saturated rings. The number of nitrogens with one attached hydrogen (secondary N) is 3. The lowest BCUT2D eigenvalue weighted by Crippen LogP contribution is -2.43. The Balaban J connectivity index is 1.60. The largest absolute Gasteiger partial charge is 0.348 e. The first kappa shape index (κ1) is 18.4. The Morgan fingerprint density at radius 2 is 1.88 bits per heavy atom. The highest BCUT2D eigenvalue weighted by molar-refractivity contribution is 7.89. The lowest BCUT2D eigenvalue weighted by atomic mass is 9.85. The molecule has 1 aromatic rings. The maximum atomic E-state index is 12.6. The molecule has 1 heterocycles. The van der Waals surface area contributed by atoms with Crippen molar-refractivity contribution in [2.75, 3.05) is 7.05 Å². The Labute approximate surface area is 149 Å². The summed E-state index contributed by atoms with van der Waals surface area (Å²) < 4.78 is 25.8. The highest BCUT2D eigenvalue weighted by atomic mass is 32.2. The van der Waals surface area contributed by atoms with Crippen LogP contribution in [0.5, 0.6) is 0 Å². The topological polar surface area (TPSA) is 87.3 Å². The second kappa shape index (κ2) is 7.43. The lowest BCUT2D eigenvalue weighted by Gasteiger charge is -2.24. The summed E-state index contributed by atoms with van der Waals surface area (Å²) >= 11 is 0. The summed E-state index contributed by atoms with van der Waals surface area (Å²) in [5, 5.41) is 6.54. The third kappa shape index (κ3) is 4.04. The van der Waals surface area contributed by atoms with E-state index in [4.69, 9.17) is 0 Å². The minimum atomic E-state index is -3.44. The first-order chi connectivity index (χ1) is 11.9. The van der Waals surface area contributed by atoms with Gasteiger partial charge in [-0.25, -0.2) is 13.1 Å². The van der Waals surface area contributed by atoms with Crippen LogP contribution < -0.4 is 15.4 Å². The molecule has 7 heteroatoms. The van der Waals surface area contributed by atoms with Crippen LogP contribution in [0.15, 0.2) is 29.2 Å². The van der Waals surface area contributed by atoms with Gasteiger partial charge in [-0.15, -0.1) is 0 Å². The van der Waals surface area contributed by atoms with Gasteiger partial charge in [0.15, 0.2) is 0 Å². The number of hydrogen-bond donors (Lipinski definition) is 3. The van der Waals surface area contributed by atoms with Gasteiger partial charge in [0.1, 0.15) is 0 Å². The first-order valence-corrected chi connectivity index (χ1v) is 10.5. The summed E-state index contributed by atoms with van der Waals surface area (Å²) in [6, 6.07) is 6.83. The van der Waals surface area contributed by atoms with Crippen LogP contribution in [0.1, 0.15) is 50.6 Å². The maximum absolute atomic E-state index is 12.6. The molecule has 138 valence electrons. The molecule has 4 atom stereocenters. The number of carbonyl (C=O) groups is 1. The molecular weight excluding hydrogens is 338 g/mol. The quantitative estimate of drug-likeness (QED) is 0.741. The lowest BCUT2D eigenvalue weighted by molar-refractivity contribution is -0.123. The smallest absolute Gasteiger partial charge is 0.240 e. The molecular formula is C18H27N3O3S. The summed E-state index contributed by atoms with van der Waals surface area (Å²) in [7, 11) is -2.05. The summed E-state index contributed by atoms with van der Waals surface area (Å²) in [4.78, 5) is 12.8. The van der Waals surface area contributed by atoms with E-state index in [0.717, 1.165) is 12.0 Å². The van der Waals surface area contributed by atoms with E-state index in [1.165, 1.54) is 32.7 Å². The molecule has 0 aromatic heterocycles. The van der Waals surface area contributed by atoms with Crippen LogP contribution in [0.4, 0.5) is 0 Å². The summed E-state index contributed by atoms with van der Waals surface area (Å²) in [5.74, 6) is 0.666. The van der Waals surface area contributed by atoms with Crippen LogP contribution in [-0.4, -0.2) is 33.5 Å². The number of fused-ring (bicyclic) bond motifs is 1. The van der Waals surface area contributed by atoms with Gasteiger partial charge >= 0.3 is 0 Å². The van der Waals surface area contributed by atoms with E-state index in [9.17, 15) is 13.2 Å². The molecule has 3 rings (SSSR count). The molecule has 3 N–H and O–H groups in total. The number of hydrogen-bond acceptors (Lipinski definition) is 4. The van der Waals surface area contributed by atoms with Crippen molar-refractivity contribution < 1.29 is 13.2 Å². The van der Waals surface area contributed by atoms with Crippen molar-refractivity contribution in [2.45, 2.75) is 62.0 Å². The van der Waals surface area contributed by atoms with Crippen molar-refractivity contribution in [1.82, 2.24) is 15.4 Å². The Morgan fingerprint density at radius 1 is 1.20 bits per heavy atom. The molecule has 1 aromatic carbocycles. The van der Waals surface area contributed by atoms with Gasteiger partial charge in [-0.1, -0.05) is 25.0 Å². The predicted molar refractivity (Wildman–Crippen MR) is 96.5 cm³/mol. The van der Waals surface area contributed by atoms with Crippen LogP contribution in [0.2, 0.25) is 0 Å². The fourth-order valence-electron chi connectivity index (χ4n) is 3.97. The van der Waals surface area contributed by atoms with Crippen LogP contribution in [0.25, 0.3) is 0 Å². The Kier molecular flexibility index (Phi) is 5.46. The normalized spacial score (nSPS) is 27.5. The molecule has 1 saturated heterocycles. The Bertz CT molecular complexity index is 704. The number of benzene rings is 1. The van der Waals surface area contributed by atoms with Gasteiger partial charge in [0.2, 0.25) is 15.9 Å². The number of rotatable bonds is 5. The van der Waals surface area contributed by atoms with Crippen molar-refractivity contribution in [3.8, 4) is 0 Å². The monoisotopic (exact) mass is 365 g/mol. The summed E-state index contributed by atoms with van der Waals surface area (Å²) in [6.45, 7) is 1.92. The zero-order chi connectivity index (χ0) is 18.0. The van der Waals surface area contributed by atoms with E-state index in [-0.39, 0.29) is 22.9 Å². The predicted octanol–water partition coefficient (Wildman–Crippen LogP) is 1.69. The van der Waals surface area contributed by atoms with Gasteiger partial charge in [0, 0.05) is 6.04 Å². The average molecular weight is 365 g/mol. The van der Waals surface area contributed by atoms with Crippen LogP contribution in [0.3, 0.4) is 0 Å². The van der Waals surface area contributed by atoms with Crippen LogP contribution in [0, 0.1) is 5.92 Å². The SMILES string of the molecule is CNS(=O)(=O)c1ccc(C(C)NC(=O)C2CC3CCCCC3N2)cc1. The molecule has 0 bridgehead atoms. The number of carbonyl (C=O) groups excluding carboxylic acids is 1. The van der Waals surface area contributed by atoms with E-state index < -0.39 is 10.0 Å². The minimum Gasteiger partial charge on any atom is -0.348 e. The van der Waals surface area contributed by atoms with Gasteiger partial charge in [-0.2, -0.15) is 0 Å². The molecule has 25 heavy (non-hydrogen) atoms. The van der Waals surface area contributed by atoms with E-state index in [0.29, 0.717) is 12.0 Å².